The molecule has 4 unspecified atom stereocenters. The number of rotatable bonds is 22. The Labute approximate surface area is 396 Å². The van der Waals surface area contributed by atoms with Crippen LogP contribution in [0.15, 0.2) is 0 Å². The van der Waals surface area contributed by atoms with Crippen LogP contribution in [0.5, 0.6) is 0 Å². The topological polar surface area (TPSA) is 313 Å². The highest BCUT2D eigenvalue weighted by atomic mass is 16.6. The number of hydrogen-bond acceptors (Lipinski definition) is 16. The van der Waals surface area contributed by atoms with Gasteiger partial charge in [-0.05, 0) is 149 Å². The highest BCUT2D eigenvalue weighted by molar-refractivity contribution is 5.84. The number of unbranched alkanes of at least 4 members (excludes halogenated alkanes) is 1. The third kappa shape index (κ3) is 38.7. The summed E-state index contributed by atoms with van der Waals surface area (Å²) >= 11 is 0. The molecule has 0 aromatic heterocycles. The fourth-order valence-electron chi connectivity index (χ4n) is 5.28. The second-order valence-corrected chi connectivity index (χ2v) is 20.8. The molecule has 5 amide bonds. The maximum atomic E-state index is 13.0. The van der Waals surface area contributed by atoms with E-state index in [0.29, 0.717) is 12.8 Å². The molecular weight excluding hydrogens is 883 g/mol. The monoisotopic (exact) mass is 966 g/mol. The number of nitrogens with one attached hydrogen (secondary N) is 5. The lowest BCUT2D eigenvalue weighted by Gasteiger charge is -2.23. The van der Waals surface area contributed by atoms with Gasteiger partial charge >= 0.3 is 42.3 Å². The maximum absolute atomic E-state index is 13.0. The number of carboxylic acid groups (broad SMARTS) is 1. The number of aliphatic carboxylic acids is 1. The van der Waals surface area contributed by atoms with E-state index in [1.165, 1.54) is 7.11 Å². The normalized spacial score (nSPS) is 14.1. The highest BCUT2D eigenvalue weighted by Gasteiger charge is 2.29. The first-order valence-corrected chi connectivity index (χ1v) is 22.4. The Balaban J connectivity index is 0. The van der Waals surface area contributed by atoms with Crippen LogP contribution in [0.4, 0.5) is 19.2 Å². The molecule has 0 aromatic rings. The Morgan fingerprint density at radius 1 is 0.478 bits per heavy atom. The molecule has 22 heteroatoms. The van der Waals surface area contributed by atoms with Gasteiger partial charge in [0.2, 0.25) is 5.91 Å². The molecule has 390 valence electrons. The highest BCUT2D eigenvalue weighted by Crippen LogP contribution is 2.18. The molecule has 0 bridgehead atoms. The van der Waals surface area contributed by atoms with Crippen LogP contribution in [0.2, 0.25) is 0 Å². The summed E-state index contributed by atoms with van der Waals surface area (Å²) in [5.74, 6) is -3.55. The first kappa shape index (κ1) is 64.0. The van der Waals surface area contributed by atoms with Crippen molar-refractivity contribution in [3.63, 3.8) is 0 Å². The molecular formula is C45H83N5O17. The average molecular weight is 966 g/mol. The van der Waals surface area contributed by atoms with E-state index in [2.05, 4.69) is 26.6 Å². The van der Waals surface area contributed by atoms with E-state index in [1.54, 1.807) is 104 Å². The Morgan fingerprint density at radius 2 is 0.866 bits per heavy atom. The molecule has 0 rings (SSSR count). The van der Waals surface area contributed by atoms with Gasteiger partial charge in [0.15, 0.2) is 0 Å². The van der Waals surface area contributed by atoms with Gasteiger partial charge in [-0.25, -0.2) is 28.8 Å². The smallest absolute Gasteiger partial charge is 0.408 e. The summed E-state index contributed by atoms with van der Waals surface area (Å²) in [6.45, 7) is 25.7. The molecule has 67 heavy (non-hydrogen) atoms. The SMILES string of the molecule is CC(C)(C)OC(=O)NCC(O)CCC(NC(=O)OC(C)(C)C)C(=O)O.COC(=O)[C@H](CCCCNC(=O)C(CCC(O)CNC(=O)OC(C)(C)C)CC(=O)OC(C)(C)C)NC(=O)OC(C)(C)C. The van der Waals surface area contributed by atoms with Crippen LogP contribution in [0.1, 0.15) is 155 Å². The zero-order valence-electron chi connectivity index (χ0n) is 42.7. The summed E-state index contributed by atoms with van der Waals surface area (Å²) in [5.41, 5.74) is -3.53. The Bertz CT molecular complexity index is 1570. The molecule has 22 nitrogen and oxygen atoms in total. The van der Waals surface area contributed by atoms with E-state index in [9.17, 15) is 48.6 Å². The largest absolute Gasteiger partial charge is 0.480 e. The van der Waals surface area contributed by atoms with E-state index in [4.69, 9.17) is 33.5 Å². The van der Waals surface area contributed by atoms with E-state index >= 15 is 0 Å². The molecule has 0 saturated carbocycles. The van der Waals surface area contributed by atoms with Gasteiger partial charge in [-0.1, -0.05) is 0 Å². The fourth-order valence-corrected chi connectivity index (χ4v) is 5.28. The summed E-state index contributed by atoms with van der Waals surface area (Å²) in [5, 5.41) is 41.7. The van der Waals surface area contributed by atoms with Crippen LogP contribution in [0, 0.1) is 5.92 Å². The minimum atomic E-state index is -1.24. The van der Waals surface area contributed by atoms with E-state index < -0.39 is 100 Å². The van der Waals surface area contributed by atoms with Gasteiger partial charge in [0.05, 0.1) is 25.7 Å². The van der Waals surface area contributed by atoms with Crippen molar-refractivity contribution in [1.29, 1.82) is 0 Å². The van der Waals surface area contributed by atoms with E-state index in [1.807, 2.05) is 0 Å². The third-order valence-electron chi connectivity index (χ3n) is 7.99. The molecule has 0 aromatic carbocycles. The molecule has 0 aliphatic heterocycles. The van der Waals surface area contributed by atoms with Crippen LogP contribution in [0.3, 0.4) is 0 Å². The second kappa shape index (κ2) is 29.6. The van der Waals surface area contributed by atoms with Crippen molar-refractivity contribution < 1.29 is 82.1 Å². The van der Waals surface area contributed by atoms with Gasteiger partial charge in [0.1, 0.15) is 40.1 Å². The number of carboxylic acids is 1. The summed E-state index contributed by atoms with van der Waals surface area (Å²) in [6.07, 6.45) is -3.46. The number of amides is 5. The predicted molar refractivity (Wildman–Crippen MR) is 246 cm³/mol. The van der Waals surface area contributed by atoms with Crippen molar-refractivity contribution in [1.82, 2.24) is 26.6 Å². The maximum Gasteiger partial charge on any atom is 0.408 e. The third-order valence-corrected chi connectivity index (χ3v) is 7.99. The Morgan fingerprint density at radius 3 is 1.25 bits per heavy atom. The summed E-state index contributed by atoms with van der Waals surface area (Å²) in [4.78, 5) is 95.7. The molecule has 0 aliphatic carbocycles. The van der Waals surface area contributed by atoms with Crippen molar-refractivity contribution in [2.75, 3.05) is 26.7 Å². The molecule has 0 radical (unpaired) electrons. The van der Waals surface area contributed by atoms with Gasteiger partial charge in [0, 0.05) is 25.6 Å². The molecule has 8 N–H and O–H groups in total. The van der Waals surface area contributed by atoms with Gasteiger partial charge < -0.3 is 70.3 Å². The number of hydrogen-bond donors (Lipinski definition) is 8. The van der Waals surface area contributed by atoms with Gasteiger partial charge in [0.25, 0.3) is 0 Å². The predicted octanol–water partition coefficient (Wildman–Crippen LogP) is 4.98. The number of alkyl carbamates (subject to hydrolysis) is 4. The van der Waals surface area contributed by atoms with Crippen LogP contribution >= 0.6 is 0 Å². The number of aliphatic hydroxyl groups excluding tert-OH is 2. The lowest BCUT2D eigenvalue weighted by Crippen LogP contribution is -2.44. The molecule has 0 heterocycles. The van der Waals surface area contributed by atoms with E-state index in [-0.39, 0.29) is 64.1 Å². The summed E-state index contributed by atoms with van der Waals surface area (Å²) < 4.78 is 30.5. The molecule has 0 aliphatic rings. The van der Waals surface area contributed by atoms with Crippen LogP contribution in [-0.4, -0.2) is 143 Å². The zero-order chi connectivity index (χ0) is 52.6. The number of aliphatic hydroxyl groups is 2. The minimum Gasteiger partial charge on any atom is -0.480 e. The average Bonchev–Trinajstić information content (AvgIpc) is 3.11. The van der Waals surface area contributed by atoms with Crippen LogP contribution in [0.25, 0.3) is 0 Å². The van der Waals surface area contributed by atoms with Crippen LogP contribution in [-0.2, 0) is 47.6 Å². The molecule has 5 atom stereocenters. The fraction of sp³-hybridized carbons (Fsp3) is 0.822. The number of carbonyl (C=O) groups excluding carboxylic acids is 7. The molecule has 0 saturated heterocycles. The first-order valence-electron chi connectivity index (χ1n) is 22.4. The number of methoxy groups -OCH3 is 1. The summed E-state index contributed by atoms with van der Waals surface area (Å²) in [7, 11) is 1.22. The van der Waals surface area contributed by atoms with Crippen molar-refractivity contribution in [3.8, 4) is 0 Å². The van der Waals surface area contributed by atoms with Gasteiger partial charge in [-0.2, -0.15) is 0 Å². The summed E-state index contributed by atoms with van der Waals surface area (Å²) in [6, 6.07) is -2.11. The van der Waals surface area contributed by atoms with Crippen molar-refractivity contribution >= 4 is 48.2 Å². The standard InChI is InChI=1S/C29H53N3O10.C16H30N2O7/c1-27(2,3)40-22(34)17-19(14-15-20(33)18-31-25(37)41-28(4,5)6)23(35)30-16-12-11-13-21(24(36)39-10)32-26(38)42-29(7,8)9;1-15(2,3)24-13(22)17-9-10(19)7-8-11(12(20)21)18-14(23)25-16(4,5)6/h19-21,33H,11-18H2,1-10H3,(H,30,35)(H,31,37)(H,32,38);10-11,19H,7-9H2,1-6H3,(H,17,22)(H,18,23)(H,20,21)/t19?,20?,21-;/m0./s1. The second-order valence-electron chi connectivity index (χ2n) is 20.8. The number of carbonyl (C=O) groups is 8. The van der Waals surface area contributed by atoms with Gasteiger partial charge in [-0.3, -0.25) is 9.59 Å². The Kier molecular flexibility index (Phi) is 28.3. The Hall–Kier alpha value is -5.12. The van der Waals surface area contributed by atoms with E-state index in [0.717, 1.165) is 0 Å². The molecule has 0 spiro atoms. The lowest BCUT2D eigenvalue weighted by molar-refractivity contribution is -0.157. The minimum absolute atomic E-state index is 0.0221. The first-order chi connectivity index (χ1) is 30.3. The van der Waals surface area contributed by atoms with Gasteiger partial charge in [-0.15, -0.1) is 0 Å². The number of ether oxygens (including phenoxy) is 6. The van der Waals surface area contributed by atoms with Crippen LogP contribution < -0.4 is 26.6 Å². The molecule has 0 fully saturated rings. The van der Waals surface area contributed by atoms with Crippen molar-refractivity contribution in [2.45, 2.75) is 208 Å². The quantitative estimate of drug-likeness (QED) is 0.0403. The number of esters is 2. The zero-order valence-corrected chi connectivity index (χ0v) is 42.7. The van der Waals surface area contributed by atoms with Crippen molar-refractivity contribution in [2.24, 2.45) is 5.92 Å². The van der Waals surface area contributed by atoms with Crippen molar-refractivity contribution in [3.05, 3.63) is 0 Å². The lowest BCUT2D eigenvalue weighted by atomic mass is 9.96.